The van der Waals surface area contributed by atoms with Gasteiger partial charge in [0.15, 0.2) is 0 Å². The van der Waals surface area contributed by atoms with Gasteiger partial charge < -0.3 is 15.0 Å². The van der Waals surface area contributed by atoms with Crippen LogP contribution < -0.4 is 5.32 Å². The van der Waals surface area contributed by atoms with E-state index in [-0.39, 0.29) is 12.0 Å². The molecule has 1 N–H and O–H groups in total. The van der Waals surface area contributed by atoms with Crippen LogP contribution in [0.25, 0.3) is 0 Å². The Morgan fingerprint density at radius 3 is 3.08 bits per heavy atom. The lowest BCUT2D eigenvalue weighted by Gasteiger charge is -2.35. The van der Waals surface area contributed by atoms with Crippen LogP contribution in [0.3, 0.4) is 0 Å². The summed E-state index contributed by atoms with van der Waals surface area (Å²) in [5.41, 5.74) is 0.803. The monoisotopic (exact) mass is 344 g/mol. The van der Waals surface area contributed by atoms with Gasteiger partial charge in [-0.15, -0.1) is 0 Å². The zero-order chi connectivity index (χ0) is 16.4. The highest BCUT2D eigenvalue weighted by atomic mass is 32.1. The van der Waals surface area contributed by atoms with Gasteiger partial charge in [-0.25, -0.2) is 9.97 Å². The molecule has 24 heavy (non-hydrogen) atoms. The number of hydrogen-bond acceptors (Lipinski definition) is 6. The molecule has 7 heteroatoms. The lowest BCUT2D eigenvalue weighted by atomic mass is 9.84. The largest absolute Gasteiger partial charge is 0.376 e. The Hall–Kier alpha value is -1.99. The molecule has 2 aliphatic rings. The third-order valence-electron chi connectivity index (χ3n) is 4.88. The first kappa shape index (κ1) is 15.5. The molecule has 0 saturated carbocycles. The Labute approximate surface area is 144 Å². The molecule has 6 nitrogen and oxygen atoms in total. The summed E-state index contributed by atoms with van der Waals surface area (Å²) in [6, 6.07) is 3.70. The molecular weight excluding hydrogens is 324 g/mol. The normalized spacial score (nSPS) is 26.2. The molecule has 2 fully saturated rings. The molecule has 4 rings (SSSR count). The quantitative estimate of drug-likeness (QED) is 0.920. The van der Waals surface area contributed by atoms with Crippen LogP contribution in [-0.2, 0) is 4.74 Å². The van der Waals surface area contributed by atoms with Crippen molar-refractivity contribution in [1.82, 2.24) is 14.9 Å². The van der Waals surface area contributed by atoms with Crippen molar-refractivity contribution in [2.45, 2.75) is 12.5 Å². The van der Waals surface area contributed by atoms with Gasteiger partial charge >= 0.3 is 0 Å². The summed E-state index contributed by atoms with van der Waals surface area (Å²) in [4.78, 5) is 22.8. The number of anilines is 1. The minimum absolute atomic E-state index is 0.147. The van der Waals surface area contributed by atoms with Crippen molar-refractivity contribution in [3.8, 4) is 0 Å². The first-order valence-electron chi connectivity index (χ1n) is 8.25. The van der Waals surface area contributed by atoms with Gasteiger partial charge in [0.25, 0.3) is 5.91 Å². The average Bonchev–Trinajstić information content (AvgIpc) is 3.30. The molecule has 2 aliphatic heterocycles. The SMILES string of the molecule is O=C(c1ccsc1)N1CC[C@@H]2[C@@H](CO[C@H]2CNc2ncccn2)C1. The van der Waals surface area contributed by atoms with E-state index >= 15 is 0 Å². The average molecular weight is 344 g/mol. The highest BCUT2D eigenvalue weighted by Crippen LogP contribution is 2.35. The summed E-state index contributed by atoms with van der Waals surface area (Å²) in [6.07, 6.45) is 4.60. The predicted molar refractivity (Wildman–Crippen MR) is 92.1 cm³/mol. The van der Waals surface area contributed by atoms with Crippen molar-refractivity contribution in [3.05, 3.63) is 40.8 Å². The van der Waals surface area contributed by atoms with E-state index in [1.807, 2.05) is 21.7 Å². The van der Waals surface area contributed by atoms with Crippen molar-refractivity contribution in [1.29, 1.82) is 0 Å². The number of thiophene rings is 1. The minimum atomic E-state index is 0.147. The van der Waals surface area contributed by atoms with E-state index in [4.69, 9.17) is 4.74 Å². The van der Waals surface area contributed by atoms with Crippen LogP contribution >= 0.6 is 11.3 Å². The van der Waals surface area contributed by atoms with Crippen molar-refractivity contribution >= 4 is 23.2 Å². The molecule has 3 atom stereocenters. The third-order valence-corrected chi connectivity index (χ3v) is 5.56. The maximum atomic E-state index is 12.5. The number of amides is 1. The van der Waals surface area contributed by atoms with E-state index in [1.54, 1.807) is 29.8 Å². The molecule has 126 valence electrons. The van der Waals surface area contributed by atoms with Crippen LogP contribution in [0.2, 0.25) is 0 Å². The molecule has 4 heterocycles. The molecule has 2 aromatic rings. The molecule has 0 aromatic carbocycles. The second kappa shape index (κ2) is 6.86. The van der Waals surface area contributed by atoms with Gasteiger partial charge in [-0.1, -0.05) is 0 Å². The number of carbonyl (C=O) groups is 1. The van der Waals surface area contributed by atoms with Crippen LogP contribution in [-0.4, -0.2) is 53.1 Å². The number of ether oxygens (including phenoxy) is 1. The summed E-state index contributed by atoms with van der Waals surface area (Å²) in [5, 5.41) is 7.12. The van der Waals surface area contributed by atoms with E-state index in [0.717, 1.165) is 31.7 Å². The van der Waals surface area contributed by atoms with Crippen LogP contribution in [0, 0.1) is 11.8 Å². The summed E-state index contributed by atoms with van der Waals surface area (Å²) in [7, 11) is 0. The summed E-state index contributed by atoms with van der Waals surface area (Å²) in [6.45, 7) is 3.03. The molecule has 2 saturated heterocycles. The van der Waals surface area contributed by atoms with Gasteiger partial charge in [0.2, 0.25) is 5.95 Å². The molecule has 0 bridgehead atoms. The van der Waals surface area contributed by atoms with Crippen molar-refractivity contribution in [2.24, 2.45) is 11.8 Å². The van der Waals surface area contributed by atoms with E-state index in [1.165, 1.54) is 0 Å². The fourth-order valence-corrected chi connectivity index (χ4v) is 4.26. The van der Waals surface area contributed by atoms with E-state index in [9.17, 15) is 4.79 Å². The number of piperidine rings is 1. The van der Waals surface area contributed by atoms with Gasteiger partial charge in [0.1, 0.15) is 0 Å². The second-order valence-corrected chi connectivity index (χ2v) is 7.08. The molecular formula is C17H20N4O2S. The Bertz CT molecular complexity index is 679. The Morgan fingerprint density at radius 2 is 2.29 bits per heavy atom. The number of nitrogens with zero attached hydrogens (tertiary/aromatic N) is 3. The highest BCUT2D eigenvalue weighted by Gasteiger charge is 2.41. The van der Waals surface area contributed by atoms with E-state index < -0.39 is 0 Å². The van der Waals surface area contributed by atoms with Crippen LogP contribution in [0.15, 0.2) is 35.3 Å². The van der Waals surface area contributed by atoms with Crippen molar-refractivity contribution in [3.63, 3.8) is 0 Å². The minimum Gasteiger partial charge on any atom is -0.376 e. The highest BCUT2D eigenvalue weighted by molar-refractivity contribution is 7.08. The summed E-state index contributed by atoms with van der Waals surface area (Å²) in [5.74, 6) is 1.70. The standard InChI is InChI=1S/C17H20N4O2S/c22-16(12-3-7-24-11-12)21-6-2-14-13(9-21)10-23-15(14)8-20-17-18-4-1-5-19-17/h1,3-5,7,11,13-15H,2,6,8-10H2,(H,18,19,20)/t13-,14-,15+/m1/s1. The topological polar surface area (TPSA) is 67.3 Å². The Kier molecular flexibility index (Phi) is 4.44. The molecule has 2 aromatic heterocycles. The number of rotatable bonds is 4. The van der Waals surface area contributed by atoms with Crippen LogP contribution in [0.5, 0.6) is 0 Å². The molecule has 0 unspecified atom stereocenters. The fraction of sp³-hybridized carbons (Fsp3) is 0.471. The second-order valence-electron chi connectivity index (χ2n) is 6.30. The number of carbonyl (C=O) groups excluding carboxylic acids is 1. The molecule has 0 aliphatic carbocycles. The maximum absolute atomic E-state index is 12.5. The lowest BCUT2D eigenvalue weighted by molar-refractivity contribution is 0.0622. The van der Waals surface area contributed by atoms with Crippen LogP contribution in [0.4, 0.5) is 5.95 Å². The number of hydrogen-bond donors (Lipinski definition) is 1. The lowest BCUT2D eigenvalue weighted by Crippen LogP contribution is -2.45. The molecule has 1 amide bonds. The fourth-order valence-electron chi connectivity index (χ4n) is 3.63. The van der Waals surface area contributed by atoms with E-state index in [2.05, 4.69) is 15.3 Å². The smallest absolute Gasteiger partial charge is 0.254 e. The number of nitrogens with one attached hydrogen (secondary N) is 1. The van der Waals surface area contributed by atoms with Crippen molar-refractivity contribution < 1.29 is 9.53 Å². The molecule has 0 spiro atoms. The Morgan fingerprint density at radius 1 is 1.42 bits per heavy atom. The Balaban J connectivity index is 1.33. The zero-order valence-corrected chi connectivity index (χ0v) is 14.1. The van der Waals surface area contributed by atoms with Crippen molar-refractivity contribution in [2.75, 3.05) is 31.6 Å². The number of likely N-dealkylation sites (tertiary alicyclic amines) is 1. The van der Waals surface area contributed by atoms with Gasteiger partial charge in [0, 0.05) is 43.3 Å². The van der Waals surface area contributed by atoms with Crippen LogP contribution in [0.1, 0.15) is 16.8 Å². The first-order valence-corrected chi connectivity index (χ1v) is 9.19. The summed E-state index contributed by atoms with van der Waals surface area (Å²) >= 11 is 1.56. The van der Waals surface area contributed by atoms with Gasteiger partial charge in [-0.2, -0.15) is 11.3 Å². The first-order chi connectivity index (χ1) is 11.8. The molecule has 0 radical (unpaired) electrons. The van der Waals surface area contributed by atoms with Gasteiger partial charge in [-0.3, -0.25) is 4.79 Å². The number of aromatic nitrogens is 2. The number of fused-ring (bicyclic) bond motifs is 1. The predicted octanol–water partition coefficient (Wildman–Crippen LogP) is 2.13. The van der Waals surface area contributed by atoms with Gasteiger partial charge in [0.05, 0.1) is 18.3 Å². The maximum Gasteiger partial charge on any atom is 0.254 e. The van der Waals surface area contributed by atoms with Gasteiger partial charge in [-0.05, 0) is 29.9 Å². The zero-order valence-electron chi connectivity index (χ0n) is 13.3. The van der Waals surface area contributed by atoms with E-state index in [0.29, 0.717) is 24.3 Å². The third kappa shape index (κ3) is 3.14. The summed E-state index contributed by atoms with van der Waals surface area (Å²) < 4.78 is 5.99.